The van der Waals surface area contributed by atoms with Crippen molar-refractivity contribution in [1.82, 2.24) is 0 Å². The molecule has 14 heavy (non-hydrogen) atoms. The van der Waals surface area contributed by atoms with Crippen LogP contribution in [0.15, 0.2) is 22.3 Å². The van der Waals surface area contributed by atoms with Crippen molar-refractivity contribution in [3.8, 4) is 0 Å². The standard InChI is InChI=1S/C12H21N.H2O/c1-7-8(2)10(4)12(6,13)11(5)9(7)3;/h10H,13H2,1-6H3;1H2. The van der Waals surface area contributed by atoms with Crippen LogP contribution in [0.2, 0.25) is 0 Å². The second-order valence-electron chi connectivity index (χ2n) is 4.56. The third-order valence-electron chi connectivity index (χ3n) is 4.07. The van der Waals surface area contributed by atoms with E-state index in [1.807, 2.05) is 0 Å². The zero-order chi connectivity index (χ0) is 10.4. The Balaban J connectivity index is 0.00000169. The molecule has 82 valence electrons. The van der Waals surface area contributed by atoms with Gasteiger partial charge in [0.15, 0.2) is 0 Å². The van der Waals surface area contributed by atoms with E-state index >= 15 is 0 Å². The first-order valence-electron chi connectivity index (χ1n) is 4.94. The molecule has 4 N–H and O–H groups in total. The number of nitrogens with two attached hydrogens (primary N) is 1. The maximum atomic E-state index is 6.32. The van der Waals surface area contributed by atoms with Crippen LogP contribution in [0.25, 0.3) is 0 Å². The van der Waals surface area contributed by atoms with Gasteiger partial charge in [0.25, 0.3) is 0 Å². The molecule has 0 aromatic rings. The Labute approximate surface area is 87.2 Å². The van der Waals surface area contributed by atoms with Gasteiger partial charge >= 0.3 is 0 Å². The SMILES string of the molecule is CC1=C(C)C(C)C(C)(N)C(C)=C1C.O. The van der Waals surface area contributed by atoms with Crippen LogP contribution in [0.3, 0.4) is 0 Å². The fourth-order valence-corrected chi connectivity index (χ4v) is 2.08. The summed E-state index contributed by atoms with van der Waals surface area (Å²) in [6.07, 6.45) is 0. The fourth-order valence-electron chi connectivity index (χ4n) is 2.08. The lowest BCUT2D eigenvalue weighted by Crippen LogP contribution is -2.47. The van der Waals surface area contributed by atoms with E-state index < -0.39 is 0 Å². The summed E-state index contributed by atoms with van der Waals surface area (Å²) in [4.78, 5) is 0. The molecule has 0 radical (unpaired) electrons. The highest BCUT2D eigenvalue weighted by Gasteiger charge is 2.34. The lowest BCUT2D eigenvalue weighted by Gasteiger charge is -2.40. The molecule has 0 bridgehead atoms. The first kappa shape index (κ1) is 13.4. The Bertz CT molecular complexity index is 297. The van der Waals surface area contributed by atoms with Gasteiger partial charge in [-0.2, -0.15) is 0 Å². The molecule has 0 fully saturated rings. The van der Waals surface area contributed by atoms with Gasteiger partial charge in [-0.05, 0) is 51.7 Å². The second-order valence-corrected chi connectivity index (χ2v) is 4.56. The Kier molecular flexibility index (Phi) is 3.71. The lowest BCUT2D eigenvalue weighted by molar-refractivity contribution is 0.403. The van der Waals surface area contributed by atoms with Gasteiger partial charge in [0.2, 0.25) is 0 Å². The molecule has 0 heterocycles. The van der Waals surface area contributed by atoms with Gasteiger partial charge in [0, 0.05) is 5.54 Å². The van der Waals surface area contributed by atoms with Crippen LogP contribution in [-0.4, -0.2) is 11.0 Å². The molecule has 0 spiro atoms. The summed E-state index contributed by atoms with van der Waals surface area (Å²) in [7, 11) is 0. The number of rotatable bonds is 0. The summed E-state index contributed by atoms with van der Waals surface area (Å²) in [5.41, 5.74) is 11.7. The normalized spacial score (nSPS) is 33.2. The fraction of sp³-hybridized carbons (Fsp3) is 0.667. The van der Waals surface area contributed by atoms with Crippen LogP contribution in [0.4, 0.5) is 0 Å². The van der Waals surface area contributed by atoms with Crippen LogP contribution in [-0.2, 0) is 0 Å². The van der Waals surface area contributed by atoms with Crippen molar-refractivity contribution in [3.05, 3.63) is 22.3 Å². The molecule has 1 aliphatic carbocycles. The van der Waals surface area contributed by atoms with Crippen LogP contribution in [0, 0.1) is 5.92 Å². The van der Waals surface area contributed by atoms with Crippen molar-refractivity contribution >= 4 is 0 Å². The van der Waals surface area contributed by atoms with E-state index in [9.17, 15) is 0 Å². The monoisotopic (exact) mass is 197 g/mol. The molecule has 0 aromatic heterocycles. The van der Waals surface area contributed by atoms with Gasteiger partial charge in [-0.3, -0.25) is 0 Å². The van der Waals surface area contributed by atoms with E-state index in [2.05, 4.69) is 41.5 Å². The van der Waals surface area contributed by atoms with Gasteiger partial charge in [-0.1, -0.05) is 18.1 Å². The van der Waals surface area contributed by atoms with Crippen molar-refractivity contribution in [3.63, 3.8) is 0 Å². The molecule has 2 unspecified atom stereocenters. The zero-order valence-electron chi connectivity index (χ0n) is 10.2. The molecule has 2 atom stereocenters. The highest BCUT2D eigenvalue weighted by atomic mass is 16.0. The Morgan fingerprint density at radius 1 is 1.07 bits per heavy atom. The summed E-state index contributed by atoms with van der Waals surface area (Å²) in [5, 5.41) is 0. The average molecular weight is 197 g/mol. The van der Waals surface area contributed by atoms with Gasteiger partial charge in [0.05, 0.1) is 0 Å². The van der Waals surface area contributed by atoms with Crippen molar-refractivity contribution in [2.24, 2.45) is 11.7 Å². The Morgan fingerprint density at radius 2 is 1.50 bits per heavy atom. The van der Waals surface area contributed by atoms with Gasteiger partial charge in [0.1, 0.15) is 0 Å². The average Bonchev–Trinajstić information content (AvgIpc) is 2.09. The molecule has 0 aliphatic heterocycles. The predicted octanol–water partition coefficient (Wildman–Crippen LogP) is 2.20. The maximum absolute atomic E-state index is 6.32. The quantitative estimate of drug-likeness (QED) is 0.636. The minimum absolute atomic E-state index is 0. The topological polar surface area (TPSA) is 57.5 Å². The first-order chi connectivity index (χ1) is 5.80. The minimum atomic E-state index is -0.159. The molecule has 1 aliphatic rings. The van der Waals surface area contributed by atoms with Crippen LogP contribution in [0.5, 0.6) is 0 Å². The first-order valence-corrected chi connectivity index (χ1v) is 4.94. The van der Waals surface area contributed by atoms with Crippen LogP contribution < -0.4 is 5.73 Å². The smallest absolute Gasteiger partial charge is 0.0406 e. The highest BCUT2D eigenvalue weighted by molar-refractivity contribution is 5.45. The zero-order valence-corrected chi connectivity index (χ0v) is 10.2. The van der Waals surface area contributed by atoms with E-state index in [0.717, 1.165) is 0 Å². The molecule has 2 heteroatoms. The molecule has 1 rings (SSSR count). The van der Waals surface area contributed by atoms with Crippen molar-refractivity contribution in [2.45, 2.75) is 47.1 Å². The van der Waals surface area contributed by atoms with E-state index in [0.29, 0.717) is 5.92 Å². The molecular weight excluding hydrogens is 174 g/mol. The van der Waals surface area contributed by atoms with E-state index in [-0.39, 0.29) is 11.0 Å². The largest absolute Gasteiger partial charge is 0.412 e. The van der Waals surface area contributed by atoms with Gasteiger partial charge in [-0.25, -0.2) is 0 Å². The molecular formula is C12H23NO. The maximum Gasteiger partial charge on any atom is 0.0406 e. The lowest BCUT2D eigenvalue weighted by atomic mass is 9.70. The predicted molar refractivity (Wildman–Crippen MR) is 62.1 cm³/mol. The summed E-state index contributed by atoms with van der Waals surface area (Å²) >= 11 is 0. The summed E-state index contributed by atoms with van der Waals surface area (Å²) < 4.78 is 0. The van der Waals surface area contributed by atoms with Gasteiger partial charge < -0.3 is 11.2 Å². The highest BCUT2D eigenvalue weighted by Crippen LogP contribution is 2.39. The summed E-state index contributed by atoms with van der Waals surface area (Å²) in [6, 6.07) is 0. The van der Waals surface area contributed by atoms with Crippen molar-refractivity contribution < 1.29 is 5.48 Å². The number of hydrogen-bond donors (Lipinski definition) is 1. The molecule has 0 aromatic carbocycles. The Morgan fingerprint density at radius 3 is 1.93 bits per heavy atom. The number of allylic oxidation sites excluding steroid dienone is 2. The third kappa shape index (κ3) is 1.64. The van der Waals surface area contributed by atoms with E-state index in [4.69, 9.17) is 5.73 Å². The van der Waals surface area contributed by atoms with Crippen LogP contribution in [0.1, 0.15) is 41.5 Å². The third-order valence-corrected chi connectivity index (χ3v) is 4.07. The summed E-state index contributed by atoms with van der Waals surface area (Å²) in [5.74, 6) is 0.455. The molecule has 0 amide bonds. The Hall–Kier alpha value is -0.600. The van der Waals surface area contributed by atoms with Crippen LogP contribution >= 0.6 is 0 Å². The van der Waals surface area contributed by atoms with Crippen molar-refractivity contribution in [2.75, 3.05) is 0 Å². The van der Waals surface area contributed by atoms with Crippen molar-refractivity contribution in [1.29, 1.82) is 0 Å². The number of hydrogen-bond acceptors (Lipinski definition) is 1. The summed E-state index contributed by atoms with van der Waals surface area (Å²) in [6.45, 7) is 13.1. The van der Waals surface area contributed by atoms with Gasteiger partial charge in [-0.15, -0.1) is 0 Å². The minimum Gasteiger partial charge on any atom is -0.412 e. The van der Waals surface area contributed by atoms with E-state index in [1.165, 1.54) is 22.3 Å². The molecule has 0 saturated heterocycles. The second kappa shape index (κ2) is 3.87. The molecule has 0 saturated carbocycles. The van der Waals surface area contributed by atoms with E-state index in [1.54, 1.807) is 0 Å². The molecule has 2 nitrogen and oxygen atoms in total.